The highest BCUT2D eigenvalue weighted by Gasteiger charge is 2.62. The van der Waals surface area contributed by atoms with Gasteiger partial charge >= 0.3 is 5.63 Å². The predicted octanol–water partition coefficient (Wildman–Crippen LogP) is 2.99. The van der Waals surface area contributed by atoms with Gasteiger partial charge in [-0.25, -0.2) is 4.79 Å². The van der Waals surface area contributed by atoms with Crippen LogP contribution in [0.4, 0.5) is 0 Å². The van der Waals surface area contributed by atoms with Crippen LogP contribution in [0, 0.1) is 28.6 Å². The Morgan fingerprint density at radius 2 is 1.90 bits per heavy atom. The molecule has 9 atom stereocenters. The monoisotopic (exact) mass is 400 g/mol. The molecule has 0 unspecified atom stereocenters. The quantitative estimate of drug-likeness (QED) is 0.631. The van der Waals surface area contributed by atoms with Crippen molar-refractivity contribution in [1.29, 1.82) is 0 Å². The van der Waals surface area contributed by atoms with E-state index in [4.69, 9.17) is 4.42 Å². The fourth-order valence-electron chi connectivity index (χ4n) is 7.85. The minimum absolute atomic E-state index is 0.0340. The summed E-state index contributed by atoms with van der Waals surface area (Å²) in [5.74, 6) is 0.678. The molecule has 0 bridgehead atoms. The minimum atomic E-state index is -0.646. The Labute approximate surface area is 171 Å². The largest absolute Gasteiger partial charge is 0.431 e. The first-order valence-electron chi connectivity index (χ1n) is 11.1. The van der Waals surface area contributed by atoms with Gasteiger partial charge < -0.3 is 19.7 Å². The van der Waals surface area contributed by atoms with E-state index in [0.717, 1.165) is 37.7 Å². The fraction of sp³-hybridized carbons (Fsp3) is 0.708. The molecule has 4 aliphatic rings. The second-order valence-corrected chi connectivity index (χ2v) is 10.5. The van der Waals surface area contributed by atoms with E-state index in [-0.39, 0.29) is 34.7 Å². The van der Waals surface area contributed by atoms with Crippen molar-refractivity contribution >= 4 is 0 Å². The van der Waals surface area contributed by atoms with Gasteiger partial charge in [-0.2, -0.15) is 0 Å². The molecular formula is C24H32O5. The maximum atomic E-state index is 11.4. The van der Waals surface area contributed by atoms with Crippen LogP contribution >= 0.6 is 0 Å². The highest BCUT2D eigenvalue weighted by molar-refractivity contribution is 5.40. The second kappa shape index (κ2) is 6.53. The lowest BCUT2D eigenvalue weighted by Crippen LogP contribution is -2.57. The lowest BCUT2D eigenvalue weighted by atomic mass is 9.45. The van der Waals surface area contributed by atoms with Gasteiger partial charge in [-0.3, -0.25) is 0 Å². The average molecular weight is 401 g/mol. The highest BCUT2D eigenvalue weighted by atomic mass is 16.4. The van der Waals surface area contributed by atoms with E-state index in [9.17, 15) is 20.1 Å². The molecule has 0 aromatic carbocycles. The van der Waals surface area contributed by atoms with Gasteiger partial charge in [0.25, 0.3) is 0 Å². The van der Waals surface area contributed by atoms with Crippen LogP contribution in [0.1, 0.15) is 63.9 Å². The number of hydrogen-bond donors (Lipinski definition) is 3. The molecule has 0 radical (unpaired) electrons. The summed E-state index contributed by atoms with van der Waals surface area (Å²) < 4.78 is 5.10. The van der Waals surface area contributed by atoms with Crippen LogP contribution in [0.15, 0.2) is 39.3 Å². The van der Waals surface area contributed by atoms with Gasteiger partial charge in [0.05, 0.1) is 24.6 Å². The van der Waals surface area contributed by atoms with Gasteiger partial charge in [0.1, 0.15) is 0 Å². The molecule has 3 fully saturated rings. The van der Waals surface area contributed by atoms with Crippen LogP contribution in [0.25, 0.3) is 0 Å². The van der Waals surface area contributed by atoms with Crippen LogP contribution in [0.3, 0.4) is 0 Å². The molecule has 158 valence electrons. The number of aliphatic hydroxyl groups excluding tert-OH is 3. The van der Waals surface area contributed by atoms with E-state index < -0.39 is 17.8 Å². The Hall–Kier alpha value is -1.43. The van der Waals surface area contributed by atoms with Gasteiger partial charge in [-0.05, 0) is 73.3 Å². The number of hydrogen-bond acceptors (Lipinski definition) is 5. The van der Waals surface area contributed by atoms with Crippen molar-refractivity contribution in [3.05, 3.63) is 46.0 Å². The predicted molar refractivity (Wildman–Crippen MR) is 108 cm³/mol. The van der Waals surface area contributed by atoms with Crippen molar-refractivity contribution in [3.8, 4) is 0 Å². The van der Waals surface area contributed by atoms with Gasteiger partial charge in [0, 0.05) is 17.4 Å². The summed E-state index contributed by atoms with van der Waals surface area (Å²) in [5.41, 5.74) is 1.39. The molecule has 1 aromatic rings. The number of allylic oxidation sites excluding steroid dienone is 1. The van der Waals surface area contributed by atoms with Crippen molar-refractivity contribution in [3.63, 3.8) is 0 Å². The summed E-state index contributed by atoms with van der Waals surface area (Å²) >= 11 is 0. The summed E-state index contributed by atoms with van der Waals surface area (Å²) in [6.07, 6.45) is 7.49. The molecule has 5 nitrogen and oxygen atoms in total. The molecule has 5 rings (SSSR count). The molecule has 0 aliphatic heterocycles. The molecule has 0 spiro atoms. The number of fused-ring (bicyclic) bond motifs is 5. The van der Waals surface area contributed by atoms with Crippen molar-refractivity contribution in [1.82, 2.24) is 0 Å². The molecule has 29 heavy (non-hydrogen) atoms. The van der Waals surface area contributed by atoms with Crippen LogP contribution in [0.5, 0.6) is 0 Å². The van der Waals surface area contributed by atoms with Gasteiger partial charge in [-0.15, -0.1) is 0 Å². The Kier molecular flexibility index (Phi) is 4.40. The topological polar surface area (TPSA) is 90.9 Å². The smallest absolute Gasteiger partial charge is 0.335 e. The minimum Gasteiger partial charge on any atom is -0.431 e. The first kappa shape index (κ1) is 19.5. The Bertz CT molecular complexity index is 869. The Morgan fingerprint density at radius 1 is 1.10 bits per heavy atom. The van der Waals surface area contributed by atoms with E-state index in [1.165, 1.54) is 17.9 Å². The van der Waals surface area contributed by atoms with Gasteiger partial charge in [-0.1, -0.05) is 25.5 Å². The van der Waals surface area contributed by atoms with E-state index in [2.05, 4.69) is 13.8 Å². The molecule has 0 saturated heterocycles. The second-order valence-electron chi connectivity index (χ2n) is 10.5. The van der Waals surface area contributed by atoms with Crippen LogP contribution in [-0.2, 0) is 0 Å². The first-order valence-corrected chi connectivity index (χ1v) is 11.1. The summed E-state index contributed by atoms with van der Waals surface area (Å²) in [4.78, 5) is 11.4. The normalized spacial score (nSPS) is 49.0. The fourth-order valence-corrected chi connectivity index (χ4v) is 7.85. The van der Waals surface area contributed by atoms with Crippen molar-refractivity contribution in [2.24, 2.45) is 28.6 Å². The van der Waals surface area contributed by atoms with E-state index >= 15 is 0 Å². The molecule has 3 N–H and O–H groups in total. The maximum Gasteiger partial charge on any atom is 0.335 e. The third kappa shape index (κ3) is 2.74. The van der Waals surface area contributed by atoms with Gasteiger partial charge in [0.15, 0.2) is 0 Å². The molecular weight excluding hydrogens is 368 g/mol. The summed E-state index contributed by atoms with van der Waals surface area (Å²) in [6, 6.07) is 3.16. The zero-order valence-corrected chi connectivity index (χ0v) is 17.3. The van der Waals surface area contributed by atoms with Crippen molar-refractivity contribution in [2.45, 2.75) is 76.6 Å². The molecule has 1 aromatic heterocycles. The summed E-state index contributed by atoms with van der Waals surface area (Å²) in [5, 5.41) is 32.6. The molecule has 1 heterocycles. The SMILES string of the molecule is C[C@]12CC[C@H](O)C[C@H]1CC[C@H]1C3=C[C@H](O)[C@H](c4ccc(=O)oc4)[C@@]3(C)C[C@@H](O)[C@@H]12. The lowest BCUT2D eigenvalue weighted by Gasteiger charge is -2.61. The van der Waals surface area contributed by atoms with Crippen LogP contribution in [0.2, 0.25) is 0 Å². The number of aliphatic hydroxyl groups is 3. The summed E-state index contributed by atoms with van der Waals surface area (Å²) in [7, 11) is 0. The zero-order chi connectivity index (χ0) is 20.6. The highest BCUT2D eigenvalue weighted by Crippen LogP contribution is 2.67. The average Bonchev–Trinajstić information content (AvgIpc) is 2.93. The first-order chi connectivity index (χ1) is 13.7. The van der Waals surface area contributed by atoms with Crippen LogP contribution < -0.4 is 5.63 Å². The van der Waals surface area contributed by atoms with Gasteiger partial charge in [0.2, 0.25) is 0 Å². The zero-order valence-electron chi connectivity index (χ0n) is 17.3. The van der Waals surface area contributed by atoms with Crippen LogP contribution in [-0.4, -0.2) is 33.6 Å². The van der Waals surface area contributed by atoms with Crippen molar-refractivity contribution < 1.29 is 19.7 Å². The molecule has 0 amide bonds. The van der Waals surface area contributed by atoms with E-state index in [0.29, 0.717) is 12.3 Å². The Morgan fingerprint density at radius 3 is 2.62 bits per heavy atom. The number of rotatable bonds is 1. The third-order valence-electron chi connectivity index (χ3n) is 9.09. The lowest BCUT2D eigenvalue weighted by molar-refractivity contribution is -0.134. The maximum absolute atomic E-state index is 11.4. The summed E-state index contributed by atoms with van der Waals surface area (Å²) in [6.45, 7) is 4.48. The van der Waals surface area contributed by atoms with E-state index in [1.807, 2.05) is 6.08 Å². The molecule has 5 heteroatoms. The standard InChI is InChI=1S/C24H32O5/c1-23-8-7-15(25)9-14(23)4-5-16-17-10-18(26)21(13-3-6-20(28)29-12-13)24(17,2)11-19(27)22(16)23/h3,6,10,12,14-16,18-19,21-22,25-27H,4-5,7-9,11H2,1-2H3/t14-,15+,16+,18+,19-,21+,22-,23+,24+/m1/s1. The third-order valence-corrected chi connectivity index (χ3v) is 9.09. The molecule has 3 saturated carbocycles. The Balaban J connectivity index is 1.52. The van der Waals surface area contributed by atoms with E-state index in [1.54, 1.807) is 6.07 Å². The molecule has 4 aliphatic carbocycles. The van der Waals surface area contributed by atoms with Crippen molar-refractivity contribution in [2.75, 3.05) is 0 Å².